The van der Waals surface area contributed by atoms with Gasteiger partial charge in [0.2, 0.25) is 5.91 Å². The van der Waals surface area contributed by atoms with E-state index in [9.17, 15) is 10.1 Å². The second-order valence-electron chi connectivity index (χ2n) is 7.20. The van der Waals surface area contributed by atoms with Gasteiger partial charge in [0.25, 0.3) is 0 Å². The normalized spacial score (nSPS) is 14.9. The number of carbonyl (C=O) groups is 1. The second kappa shape index (κ2) is 9.70. The van der Waals surface area contributed by atoms with Crippen LogP contribution in [0.15, 0.2) is 29.4 Å². The number of thioether (sulfide) groups is 1. The number of carbonyl (C=O) groups excluding carboxylic acids is 1. The average molecular weight is 395 g/mol. The Labute approximate surface area is 171 Å². The number of anilines is 1. The molecule has 0 saturated carbocycles. The minimum atomic E-state index is -0.325. The Morgan fingerprint density at radius 2 is 2.07 bits per heavy atom. The van der Waals surface area contributed by atoms with E-state index in [1.165, 1.54) is 30.2 Å². The van der Waals surface area contributed by atoms with Crippen molar-refractivity contribution in [2.45, 2.75) is 69.1 Å². The summed E-state index contributed by atoms with van der Waals surface area (Å²) in [5.74, 6) is 0.443. The van der Waals surface area contributed by atoms with Crippen molar-refractivity contribution in [2.75, 3.05) is 5.32 Å². The summed E-state index contributed by atoms with van der Waals surface area (Å²) in [5.41, 5.74) is 3.91. The van der Waals surface area contributed by atoms with E-state index in [0.29, 0.717) is 22.8 Å². The summed E-state index contributed by atoms with van der Waals surface area (Å²) in [6, 6.07) is 8.01. The highest BCUT2D eigenvalue weighted by molar-refractivity contribution is 8.00. The first kappa shape index (κ1) is 20.3. The molecule has 3 rings (SSSR count). The maximum atomic E-state index is 12.8. The van der Waals surface area contributed by atoms with Gasteiger partial charge < -0.3 is 5.32 Å². The predicted octanol–water partition coefficient (Wildman–Crippen LogP) is 4.83. The van der Waals surface area contributed by atoms with Gasteiger partial charge in [-0.3, -0.25) is 4.79 Å². The fourth-order valence-corrected chi connectivity index (χ4v) is 4.40. The molecular formula is C22H26N4OS. The lowest BCUT2D eigenvalue weighted by molar-refractivity contribution is -0.115. The lowest BCUT2D eigenvalue weighted by Gasteiger charge is -2.18. The molecule has 1 atom stereocenters. The molecule has 1 aliphatic carbocycles. The number of aromatic nitrogens is 2. The first-order valence-corrected chi connectivity index (χ1v) is 10.8. The minimum Gasteiger partial charge on any atom is -0.310 e. The smallest absolute Gasteiger partial charge is 0.239 e. The summed E-state index contributed by atoms with van der Waals surface area (Å²) in [6.45, 7) is 3.94. The van der Waals surface area contributed by atoms with Gasteiger partial charge in [0.1, 0.15) is 16.9 Å². The molecule has 0 aliphatic heterocycles. The quantitative estimate of drug-likeness (QED) is 0.735. The standard InChI is InChI=1S/C22H26N4OS/c1-3-19(21(27)26-20-12-15(2)10-11-24-20)28-22-17(14-23)13-16-8-6-4-5-7-9-18(16)25-22/h10-13,19H,3-9H2,1-2H3,(H,24,26,27). The van der Waals surface area contributed by atoms with E-state index in [0.717, 1.165) is 36.9 Å². The van der Waals surface area contributed by atoms with E-state index in [4.69, 9.17) is 4.98 Å². The Hall–Kier alpha value is -2.39. The first-order chi connectivity index (χ1) is 13.6. The number of fused-ring (bicyclic) bond motifs is 1. The molecule has 28 heavy (non-hydrogen) atoms. The van der Waals surface area contributed by atoms with Crippen molar-refractivity contribution in [3.05, 3.63) is 46.8 Å². The zero-order chi connectivity index (χ0) is 19.9. The molecule has 5 nitrogen and oxygen atoms in total. The third-order valence-corrected chi connectivity index (χ3v) is 6.34. The van der Waals surface area contributed by atoms with Crippen molar-refractivity contribution in [1.29, 1.82) is 5.26 Å². The van der Waals surface area contributed by atoms with Crippen LogP contribution in [0.25, 0.3) is 0 Å². The van der Waals surface area contributed by atoms with Gasteiger partial charge in [-0.05, 0) is 68.4 Å². The van der Waals surface area contributed by atoms with Gasteiger partial charge in [-0.1, -0.05) is 31.5 Å². The number of hydrogen-bond donors (Lipinski definition) is 1. The van der Waals surface area contributed by atoms with Crippen LogP contribution in [0.4, 0.5) is 5.82 Å². The molecule has 2 aromatic heterocycles. The minimum absolute atomic E-state index is 0.108. The number of amides is 1. The number of aryl methyl sites for hydroxylation is 3. The summed E-state index contributed by atoms with van der Waals surface area (Å²) < 4.78 is 0. The van der Waals surface area contributed by atoms with E-state index in [1.807, 2.05) is 32.0 Å². The monoisotopic (exact) mass is 394 g/mol. The molecule has 1 N–H and O–H groups in total. The molecule has 1 amide bonds. The van der Waals surface area contributed by atoms with Gasteiger partial charge in [0.05, 0.1) is 10.8 Å². The number of nitrogens with one attached hydrogen (secondary N) is 1. The van der Waals surface area contributed by atoms with Crippen LogP contribution in [0.1, 0.15) is 61.4 Å². The molecule has 0 saturated heterocycles. The van der Waals surface area contributed by atoms with Crippen LogP contribution in [0.3, 0.4) is 0 Å². The van der Waals surface area contributed by atoms with E-state index in [2.05, 4.69) is 16.4 Å². The predicted molar refractivity (Wildman–Crippen MR) is 112 cm³/mol. The zero-order valence-corrected chi connectivity index (χ0v) is 17.3. The van der Waals surface area contributed by atoms with Crippen LogP contribution in [-0.2, 0) is 17.6 Å². The summed E-state index contributed by atoms with van der Waals surface area (Å²) in [7, 11) is 0. The Kier molecular flexibility index (Phi) is 7.05. The van der Waals surface area contributed by atoms with Crippen molar-refractivity contribution >= 4 is 23.5 Å². The SMILES string of the molecule is CCC(Sc1nc2c(cc1C#N)CCCCCC2)C(=O)Nc1cc(C)ccn1. The molecule has 0 fully saturated rings. The highest BCUT2D eigenvalue weighted by atomic mass is 32.2. The molecule has 2 aromatic rings. The molecule has 0 aromatic carbocycles. The molecule has 2 heterocycles. The highest BCUT2D eigenvalue weighted by Crippen LogP contribution is 2.31. The largest absolute Gasteiger partial charge is 0.310 e. The van der Waals surface area contributed by atoms with Crippen LogP contribution >= 0.6 is 11.8 Å². The number of rotatable bonds is 5. The van der Waals surface area contributed by atoms with Gasteiger partial charge in [-0.2, -0.15) is 5.26 Å². The summed E-state index contributed by atoms with van der Waals surface area (Å²) in [6.07, 6.45) is 9.01. The number of nitriles is 1. The van der Waals surface area contributed by atoms with E-state index in [1.54, 1.807) is 6.20 Å². The fourth-order valence-electron chi connectivity index (χ4n) is 3.41. The molecule has 1 unspecified atom stereocenters. The van der Waals surface area contributed by atoms with E-state index >= 15 is 0 Å². The third-order valence-electron chi connectivity index (χ3n) is 4.97. The highest BCUT2D eigenvalue weighted by Gasteiger charge is 2.22. The Bertz CT molecular complexity index is 891. The van der Waals surface area contributed by atoms with Gasteiger partial charge in [-0.15, -0.1) is 0 Å². The maximum Gasteiger partial charge on any atom is 0.239 e. The van der Waals surface area contributed by atoms with Crippen molar-refractivity contribution in [1.82, 2.24) is 9.97 Å². The topological polar surface area (TPSA) is 78.7 Å². The number of pyridine rings is 2. The van der Waals surface area contributed by atoms with Crippen molar-refractivity contribution < 1.29 is 4.79 Å². The van der Waals surface area contributed by atoms with Crippen molar-refractivity contribution in [2.24, 2.45) is 0 Å². The second-order valence-corrected chi connectivity index (χ2v) is 8.39. The van der Waals surface area contributed by atoms with Crippen molar-refractivity contribution in [3.63, 3.8) is 0 Å². The third kappa shape index (κ3) is 5.11. The lowest BCUT2D eigenvalue weighted by Crippen LogP contribution is -2.25. The zero-order valence-electron chi connectivity index (χ0n) is 16.5. The average Bonchev–Trinajstić information content (AvgIpc) is 2.66. The molecule has 6 heteroatoms. The van der Waals surface area contributed by atoms with Crippen LogP contribution < -0.4 is 5.32 Å². The molecule has 0 spiro atoms. The van der Waals surface area contributed by atoms with Crippen molar-refractivity contribution in [3.8, 4) is 6.07 Å². The van der Waals surface area contributed by atoms with Gasteiger partial charge in [-0.25, -0.2) is 9.97 Å². The molecule has 146 valence electrons. The first-order valence-electron chi connectivity index (χ1n) is 9.93. The van der Waals surface area contributed by atoms with E-state index in [-0.39, 0.29) is 11.2 Å². The number of nitrogens with zero attached hydrogens (tertiary/aromatic N) is 3. The molecule has 0 radical (unpaired) electrons. The Morgan fingerprint density at radius 3 is 2.79 bits per heavy atom. The van der Waals surface area contributed by atoms with Gasteiger partial charge in [0.15, 0.2) is 0 Å². The molecule has 1 aliphatic rings. The summed E-state index contributed by atoms with van der Waals surface area (Å²) >= 11 is 1.38. The lowest BCUT2D eigenvalue weighted by atomic mass is 9.96. The molecular weight excluding hydrogens is 368 g/mol. The van der Waals surface area contributed by atoms with Crippen LogP contribution in [0, 0.1) is 18.3 Å². The van der Waals surface area contributed by atoms with Gasteiger partial charge >= 0.3 is 0 Å². The van der Waals surface area contributed by atoms with Gasteiger partial charge in [0, 0.05) is 11.9 Å². The fraction of sp³-hybridized carbons (Fsp3) is 0.455. The summed E-state index contributed by atoms with van der Waals surface area (Å²) in [4.78, 5) is 21.8. The summed E-state index contributed by atoms with van der Waals surface area (Å²) in [5, 5.41) is 12.9. The number of hydrogen-bond acceptors (Lipinski definition) is 5. The van der Waals surface area contributed by atoms with E-state index < -0.39 is 0 Å². The van der Waals surface area contributed by atoms with Crippen LogP contribution in [0.5, 0.6) is 0 Å². The Morgan fingerprint density at radius 1 is 1.29 bits per heavy atom. The molecule has 0 bridgehead atoms. The maximum absolute atomic E-state index is 12.8. The van der Waals surface area contributed by atoms with Crippen LogP contribution in [0.2, 0.25) is 0 Å². The Balaban J connectivity index is 1.80. The van der Waals surface area contributed by atoms with Crippen LogP contribution in [-0.4, -0.2) is 21.1 Å².